The van der Waals surface area contributed by atoms with Crippen molar-refractivity contribution < 1.29 is 9.53 Å². The summed E-state index contributed by atoms with van der Waals surface area (Å²) in [7, 11) is 1.35. The zero-order valence-electron chi connectivity index (χ0n) is 10.4. The molecule has 1 aromatic heterocycles. The van der Waals surface area contributed by atoms with Crippen LogP contribution in [-0.2, 0) is 9.53 Å². The van der Waals surface area contributed by atoms with Crippen molar-refractivity contribution in [3.63, 3.8) is 0 Å². The number of ether oxygens (including phenoxy) is 1. The Morgan fingerprint density at radius 2 is 2.00 bits per heavy atom. The molecule has 0 aliphatic heterocycles. The van der Waals surface area contributed by atoms with E-state index in [-0.39, 0.29) is 12.5 Å². The Hall–Kier alpha value is -1.85. The first-order chi connectivity index (χ1) is 8.19. The van der Waals surface area contributed by atoms with E-state index < -0.39 is 0 Å². The molecule has 17 heavy (non-hydrogen) atoms. The molecule has 1 heterocycles. The van der Waals surface area contributed by atoms with Crippen LogP contribution in [0, 0.1) is 6.92 Å². The smallest absolute Gasteiger partial charge is 0.325 e. The van der Waals surface area contributed by atoms with Gasteiger partial charge in [-0.25, -0.2) is 9.97 Å². The molecule has 94 valence electrons. The molecule has 0 aromatic carbocycles. The molecule has 0 atom stereocenters. The third kappa shape index (κ3) is 3.90. The highest BCUT2D eigenvalue weighted by Crippen LogP contribution is 2.17. The highest BCUT2D eigenvalue weighted by molar-refractivity contribution is 5.75. The summed E-state index contributed by atoms with van der Waals surface area (Å²) >= 11 is 0. The van der Waals surface area contributed by atoms with Crippen molar-refractivity contribution in [1.82, 2.24) is 9.97 Å². The molecule has 0 spiro atoms. The van der Waals surface area contributed by atoms with Gasteiger partial charge in [0.05, 0.1) is 7.11 Å². The average Bonchev–Trinajstić information content (AvgIpc) is 2.35. The number of nitrogens with one attached hydrogen (secondary N) is 2. The van der Waals surface area contributed by atoms with Crippen molar-refractivity contribution in [3.8, 4) is 0 Å². The zero-order valence-corrected chi connectivity index (χ0v) is 10.4. The van der Waals surface area contributed by atoms with E-state index in [2.05, 4.69) is 32.3 Å². The van der Waals surface area contributed by atoms with E-state index in [0.29, 0.717) is 5.82 Å². The molecule has 1 aromatic rings. The van der Waals surface area contributed by atoms with Gasteiger partial charge in [-0.15, -0.1) is 0 Å². The summed E-state index contributed by atoms with van der Waals surface area (Å²) in [4.78, 5) is 19.2. The van der Waals surface area contributed by atoms with Gasteiger partial charge in [0.25, 0.3) is 0 Å². The first-order valence-electron chi connectivity index (χ1n) is 5.55. The van der Waals surface area contributed by atoms with Crippen molar-refractivity contribution in [1.29, 1.82) is 0 Å². The van der Waals surface area contributed by atoms with Crippen LogP contribution in [0.4, 0.5) is 11.6 Å². The lowest BCUT2D eigenvalue weighted by Crippen LogP contribution is -2.17. The molecule has 6 nitrogen and oxygen atoms in total. The molecule has 0 fully saturated rings. The molecule has 0 amide bonds. The Labute approximate surface area is 101 Å². The highest BCUT2D eigenvalue weighted by atomic mass is 16.5. The van der Waals surface area contributed by atoms with Gasteiger partial charge >= 0.3 is 5.97 Å². The standard InChI is InChI=1S/C11H18N4O2/c1-4-5-12-10-8(2)11(15-7-14-10)13-6-9(16)17-3/h7H,4-6H2,1-3H3,(H2,12,13,14,15). The van der Waals surface area contributed by atoms with Crippen LogP contribution in [-0.4, -0.2) is 36.1 Å². The second-order valence-corrected chi connectivity index (χ2v) is 3.55. The van der Waals surface area contributed by atoms with Crippen LogP contribution >= 0.6 is 0 Å². The van der Waals surface area contributed by atoms with Crippen LogP contribution in [0.1, 0.15) is 18.9 Å². The summed E-state index contributed by atoms with van der Waals surface area (Å²) in [6, 6.07) is 0. The average molecular weight is 238 g/mol. The van der Waals surface area contributed by atoms with Crippen LogP contribution < -0.4 is 10.6 Å². The number of aromatic nitrogens is 2. The van der Waals surface area contributed by atoms with E-state index in [1.54, 1.807) is 0 Å². The lowest BCUT2D eigenvalue weighted by Gasteiger charge is -2.11. The van der Waals surface area contributed by atoms with Gasteiger partial charge in [-0.1, -0.05) is 6.92 Å². The molecule has 0 aliphatic rings. The van der Waals surface area contributed by atoms with Crippen molar-refractivity contribution >= 4 is 17.6 Å². The Balaban J connectivity index is 2.69. The van der Waals surface area contributed by atoms with E-state index >= 15 is 0 Å². The fourth-order valence-corrected chi connectivity index (χ4v) is 1.28. The maximum atomic E-state index is 11.0. The molecule has 0 radical (unpaired) electrons. The fraction of sp³-hybridized carbons (Fsp3) is 0.545. The van der Waals surface area contributed by atoms with Crippen molar-refractivity contribution in [2.45, 2.75) is 20.3 Å². The normalized spacial score (nSPS) is 9.82. The first kappa shape index (κ1) is 13.2. The van der Waals surface area contributed by atoms with Crippen LogP contribution in [0.25, 0.3) is 0 Å². The number of esters is 1. The number of anilines is 2. The lowest BCUT2D eigenvalue weighted by molar-refractivity contribution is -0.138. The van der Waals surface area contributed by atoms with E-state index in [0.717, 1.165) is 24.3 Å². The first-order valence-corrected chi connectivity index (χ1v) is 5.55. The maximum Gasteiger partial charge on any atom is 0.325 e. The second-order valence-electron chi connectivity index (χ2n) is 3.55. The van der Waals surface area contributed by atoms with E-state index in [1.165, 1.54) is 13.4 Å². The van der Waals surface area contributed by atoms with Gasteiger partial charge in [0, 0.05) is 12.1 Å². The molecule has 0 saturated carbocycles. The summed E-state index contributed by atoms with van der Waals surface area (Å²) in [5.74, 6) is 1.10. The largest absolute Gasteiger partial charge is 0.468 e. The molecule has 0 saturated heterocycles. The molecular formula is C11H18N4O2. The molecule has 0 aliphatic carbocycles. The number of rotatable bonds is 6. The van der Waals surface area contributed by atoms with E-state index in [4.69, 9.17) is 0 Å². The number of hydrogen-bond donors (Lipinski definition) is 2. The van der Waals surface area contributed by atoms with Crippen molar-refractivity contribution in [2.75, 3.05) is 30.8 Å². The van der Waals surface area contributed by atoms with Gasteiger partial charge < -0.3 is 15.4 Å². The minimum atomic E-state index is -0.328. The molecule has 1 rings (SSSR count). The van der Waals surface area contributed by atoms with Gasteiger partial charge in [-0.3, -0.25) is 4.79 Å². The molecule has 0 bridgehead atoms. The van der Waals surface area contributed by atoms with Crippen molar-refractivity contribution in [3.05, 3.63) is 11.9 Å². The van der Waals surface area contributed by atoms with Crippen LogP contribution in [0.15, 0.2) is 6.33 Å². The van der Waals surface area contributed by atoms with Gasteiger partial charge in [-0.05, 0) is 13.3 Å². The number of carbonyl (C=O) groups excluding carboxylic acids is 1. The highest BCUT2D eigenvalue weighted by Gasteiger charge is 2.07. The minimum absolute atomic E-state index is 0.0988. The Bertz CT molecular complexity index is 382. The minimum Gasteiger partial charge on any atom is -0.468 e. The summed E-state index contributed by atoms with van der Waals surface area (Å²) < 4.78 is 4.55. The summed E-state index contributed by atoms with van der Waals surface area (Å²) in [5, 5.41) is 6.11. The number of hydrogen-bond acceptors (Lipinski definition) is 6. The predicted octanol–water partition coefficient (Wildman–Crippen LogP) is 1.19. The topological polar surface area (TPSA) is 76.1 Å². The molecule has 2 N–H and O–H groups in total. The number of carbonyl (C=O) groups is 1. The van der Waals surface area contributed by atoms with E-state index in [1.807, 2.05) is 6.92 Å². The van der Waals surface area contributed by atoms with Gasteiger partial charge in [-0.2, -0.15) is 0 Å². The van der Waals surface area contributed by atoms with Crippen LogP contribution in [0.3, 0.4) is 0 Å². The number of methoxy groups -OCH3 is 1. The van der Waals surface area contributed by atoms with Crippen molar-refractivity contribution in [2.24, 2.45) is 0 Å². The Morgan fingerprint density at radius 3 is 2.59 bits per heavy atom. The summed E-state index contributed by atoms with van der Waals surface area (Å²) in [6.07, 6.45) is 2.49. The SMILES string of the molecule is CCCNc1ncnc(NCC(=O)OC)c1C. The molecule has 0 unspecified atom stereocenters. The van der Waals surface area contributed by atoms with Crippen LogP contribution in [0.5, 0.6) is 0 Å². The Morgan fingerprint density at radius 1 is 1.35 bits per heavy atom. The summed E-state index contributed by atoms with van der Waals surface area (Å²) in [6.45, 7) is 4.94. The van der Waals surface area contributed by atoms with E-state index in [9.17, 15) is 4.79 Å². The lowest BCUT2D eigenvalue weighted by atomic mass is 10.3. The molecular weight excluding hydrogens is 220 g/mol. The van der Waals surface area contributed by atoms with Gasteiger partial charge in [0.2, 0.25) is 0 Å². The third-order valence-corrected chi connectivity index (χ3v) is 2.25. The summed E-state index contributed by atoms with van der Waals surface area (Å²) in [5.41, 5.74) is 0.893. The zero-order chi connectivity index (χ0) is 12.7. The second kappa shape index (κ2) is 6.67. The van der Waals surface area contributed by atoms with Gasteiger partial charge in [0.1, 0.15) is 24.5 Å². The fourth-order valence-electron chi connectivity index (χ4n) is 1.28. The quantitative estimate of drug-likeness (QED) is 0.725. The third-order valence-electron chi connectivity index (χ3n) is 2.25. The Kier molecular flexibility index (Phi) is 5.19. The maximum absolute atomic E-state index is 11.0. The monoisotopic (exact) mass is 238 g/mol. The number of nitrogens with zero attached hydrogens (tertiary/aromatic N) is 2. The predicted molar refractivity (Wildman–Crippen MR) is 66.1 cm³/mol. The van der Waals surface area contributed by atoms with Crippen LogP contribution in [0.2, 0.25) is 0 Å². The van der Waals surface area contributed by atoms with Gasteiger partial charge in [0.15, 0.2) is 0 Å². The molecule has 6 heteroatoms.